The quantitative estimate of drug-likeness (QED) is 0.581. The minimum absolute atomic E-state index is 0.0351. The van der Waals surface area contributed by atoms with Gasteiger partial charge in [-0.05, 0) is 36.2 Å². The number of carbonyl (C=O) groups is 1. The molecule has 2 saturated heterocycles. The lowest BCUT2D eigenvalue weighted by Gasteiger charge is -2.38. The Balaban J connectivity index is 1.16. The highest BCUT2D eigenvalue weighted by atomic mass is 35.5. The van der Waals surface area contributed by atoms with Crippen LogP contribution in [0.5, 0.6) is 5.75 Å². The molecule has 0 saturated carbocycles. The van der Waals surface area contributed by atoms with Crippen LogP contribution < -0.4 is 4.74 Å². The maximum absolute atomic E-state index is 13.1. The fourth-order valence-corrected chi connectivity index (χ4v) is 4.94. The SMILES string of the molecule is COc1cccc2cc(C(=O)N3CCC(N4CCN(Cc5ccc(Cl)cc5)CC4)C3)oc12. The molecular weight excluding hydrogens is 426 g/mol. The van der Waals surface area contributed by atoms with E-state index in [9.17, 15) is 4.79 Å². The monoisotopic (exact) mass is 453 g/mol. The summed E-state index contributed by atoms with van der Waals surface area (Å²) in [5.74, 6) is 1.00. The van der Waals surface area contributed by atoms with Crippen LogP contribution in [0, 0.1) is 0 Å². The van der Waals surface area contributed by atoms with Crippen molar-refractivity contribution in [2.75, 3.05) is 46.4 Å². The molecule has 0 radical (unpaired) electrons. The third kappa shape index (κ3) is 4.35. The summed E-state index contributed by atoms with van der Waals surface area (Å²) in [6, 6.07) is 16.0. The number of para-hydroxylation sites is 1. The Bertz CT molecular complexity index is 1090. The van der Waals surface area contributed by atoms with Crippen molar-refractivity contribution < 1.29 is 13.9 Å². The zero-order valence-corrected chi connectivity index (χ0v) is 19.1. The average molecular weight is 454 g/mol. The van der Waals surface area contributed by atoms with Gasteiger partial charge < -0.3 is 14.1 Å². The highest BCUT2D eigenvalue weighted by molar-refractivity contribution is 6.30. The number of furan rings is 1. The number of ether oxygens (including phenoxy) is 1. The normalized spacial score (nSPS) is 20.2. The maximum atomic E-state index is 13.1. The van der Waals surface area contributed by atoms with Crippen molar-refractivity contribution >= 4 is 28.5 Å². The number of halogens is 1. The molecule has 32 heavy (non-hydrogen) atoms. The molecule has 0 spiro atoms. The molecule has 2 fully saturated rings. The maximum Gasteiger partial charge on any atom is 0.289 e. The topological polar surface area (TPSA) is 49.2 Å². The van der Waals surface area contributed by atoms with Gasteiger partial charge in [0.2, 0.25) is 0 Å². The van der Waals surface area contributed by atoms with Gasteiger partial charge in [-0.3, -0.25) is 14.6 Å². The molecule has 2 aliphatic heterocycles. The molecule has 1 atom stereocenters. The lowest BCUT2D eigenvalue weighted by molar-refractivity contribution is 0.0709. The zero-order valence-electron chi connectivity index (χ0n) is 18.3. The van der Waals surface area contributed by atoms with Crippen molar-refractivity contribution in [3.05, 3.63) is 64.9 Å². The summed E-state index contributed by atoms with van der Waals surface area (Å²) in [5.41, 5.74) is 1.92. The van der Waals surface area contributed by atoms with Gasteiger partial charge in [0, 0.05) is 62.3 Å². The summed E-state index contributed by atoms with van der Waals surface area (Å²) < 4.78 is 11.2. The number of nitrogens with zero attached hydrogens (tertiary/aromatic N) is 3. The Labute approximate surface area is 193 Å². The second-order valence-corrected chi connectivity index (χ2v) is 9.06. The standard InChI is InChI=1S/C25H28ClN3O3/c1-31-22-4-2-3-19-15-23(32-24(19)22)25(30)29-10-9-21(17-29)28-13-11-27(12-14-28)16-18-5-7-20(26)8-6-18/h2-8,15,21H,9-14,16-17H2,1H3. The molecule has 1 aromatic heterocycles. The lowest BCUT2D eigenvalue weighted by Crippen LogP contribution is -2.50. The molecule has 2 aliphatic rings. The van der Waals surface area contributed by atoms with Gasteiger partial charge in [0.15, 0.2) is 17.1 Å². The molecule has 0 bridgehead atoms. The second-order valence-electron chi connectivity index (χ2n) is 8.62. The number of methoxy groups -OCH3 is 1. The fraction of sp³-hybridized carbons (Fsp3) is 0.400. The summed E-state index contributed by atoms with van der Waals surface area (Å²) in [4.78, 5) is 20.0. The van der Waals surface area contributed by atoms with Crippen molar-refractivity contribution in [3.8, 4) is 5.75 Å². The van der Waals surface area contributed by atoms with E-state index in [1.54, 1.807) is 7.11 Å². The Morgan fingerprint density at radius 2 is 1.88 bits per heavy atom. The van der Waals surface area contributed by atoms with E-state index in [0.29, 0.717) is 23.1 Å². The highest BCUT2D eigenvalue weighted by Gasteiger charge is 2.33. The molecular formula is C25H28ClN3O3. The van der Waals surface area contributed by atoms with Crippen LogP contribution >= 0.6 is 11.6 Å². The predicted octanol–water partition coefficient (Wildman–Crippen LogP) is 4.13. The highest BCUT2D eigenvalue weighted by Crippen LogP contribution is 2.30. The lowest BCUT2D eigenvalue weighted by atomic mass is 10.1. The minimum atomic E-state index is -0.0351. The van der Waals surface area contributed by atoms with Gasteiger partial charge >= 0.3 is 0 Å². The summed E-state index contributed by atoms with van der Waals surface area (Å²) in [5, 5.41) is 1.67. The molecule has 3 heterocycles. The number of likely N-dealkylation sites (tertiary alicyclic amines) is 1. The molecule has 6 nitrogen and oxygen atoms in total. The Morgan fingerprint density at radius 3 is 2.62 bits per heavy atom. The van der Waals surface area contributed by atoms with Crippen LogP contribution in [0.25, 0.3) is 11.0 Å². The largest absolute Gasteiger partial charge is 0.493 e. The second kappa shape index (κ2) is 9.14. The van der Waals surface area contributed by atoms with Gasteiger partial charge in [-0.15, -0.1) is 0 Å². The number of piperazine rings is 1. The molecule has 7 heteroatoms. The first kappa shape index (κ1) is 21.3. The van der Waals surface area contributed by atoms with E-state index < -0.39 is 0 Å². The summed E-state index contributed by atoms with van der Waals surface area (Å²) in [6.07, 6.45) is 1.01. The van der Waals surface area contributed by atoms with E-state index in [1.807, 2.05) is 41.3 Å². The summed E-state index contributed by atoms with van der Waals surface area (Å²) in [6.45, 7) is 6.61. The predicted molar refractivity (Wildman–Crippen MR) is 125 cm³/mol. The van der Waals surface area contributed by atoms with Crippen molar-refractivity contribution in [2.24, 2.45) is 0 Å². The van der Waals surface area contributed by atoms with Crippen LogP contribution in [0.1, 0.15) is 22.5 Å². The minimum Gasteiger partial charge on any atom is -0.493 e. The van der Waals surface area contributed by atoms with E-state index in [2.05, 4.69) is 21.9 Å². The number of hydrogen-bond donors (Lipinski definition) is 0. The van der Waals surface area contributed by atoms with Gasteiger partial charge in [0.25, 0.3) is 5.91 Å². The number of amides is 1. The first-order valence-electron chi connectivity index (χ1n) is 11.2. The first-order chi connectivity index (χ1) is 15.6. The van der Waals surface area contributed by atoms with Crippen LogP contribution in [0.4, 0.5) is 0 Å². The van der Waals surface area contributed by atoms with E-state index >= 15 is 0 Å². The van der Waals surface area contributed by atoms with E-state index in [0.717, 1.165) is 62.6 Å². The molecule has 168 valence electrons. The van der Waals surface area contributed by atoms with Gasteiger partial charge in [0.1, 0.15) is 0 Å². The van der Waals surface area contributed by atoms with E-state index in [4.69, 9.17) is 20.8 Å². The molecule has 1 amide bonds. The smallest absolute Gasteiger partial charge is 0.289 e. The molecule has 0 aliphatic carbocycles. The summed E-state index contributed by atoms with van der Waals surface area (Å²) >= 11 is 5.99. The van der Waals surface area contributed by atoms with Crippen molar-refractivity contribution in [2.45, 2.75) is 19.0 Å². The van der Waals surface area contributed by atoms with Gasteiger partial charge in [-0.25, -0.2) is 0 Å². The van der Waals surface area contributed by atoms with Crippen LogP contribution in [0.3, 0.4) is 0 Å². The number of benzene rings is 2. The number of rotatable bonds is 5. The molecule has 5 rings (SSSR count). The fourth-order valence-electron chi connectivity index (χ4n) is 4.82. The molecule has 2 aromatic carbocycles. The molecule has 3 aromatic rings. The third-order valence-corrected chi connectivity index (χ3v) is 6.88. The molecule has 1 unspecified atom stereocenters. The van der Waals surface area contributed by atoms with E-state index in [1.165, 1.54) is 5.56 Å². The number of hydrogen-bond acceptors (Lipinski definition) is 5. The summed E-state index contributed by atoms with van der Waals surface area (Å²) in [7, 11) is 1.61. The third-order valence-electron chi connectivity index (χ3n) is 6.63. The van der Waals surface area contributed by atoms with Crippen LogP contribution in [0.15, 0.2) is 52.9 Å². The molecule has 0 N–H and O–H groups in total. The first-order valence-corrected chi connectivity index (χ1v) is 11.5. The van der Waals surface area contributed by atoms with Crippen LogP contribution in [0.2, 0.25) is 5.02 Å². The zero-order chi connectivity index (χ0) is 22.1. The number of fused-ring (bicyclic) bond motifs is 1. The average Bonchev–Trinajstić information content (AvgIpc) is 3.48. The number of carbonyl (C=O) groups excluding carboxylic acids is 1. The van der Waals surface area contributed by atoms with Crippen LogP contribution in [-0.2, 0) is 6.54 Å². The van der Waals surface area contributed by atoms with E-state index in [-0.39, 0.29) is 5.91 Å². The van der Waals surface area contributed by atoms with Crippen molar-refractivity contribution in [1.82, 2.24) is 14.7 Å². The van der Waals surface area contributed by atoms with Gasteiger partial charge in [-0.1, -0.05) is 35.9 Å². The van der Waals surface area contributed by atoms with Gasteiger partial charge in [0.05, 0.1) is 7.11 Å². The van der Waals surface area contributed by atoms with Crippen LogP contribution in [-0.4, -0.2) is 73.0 Å². The Morgan fingerprint density at radius 1 is 1.09 bits per heavy atom. The van der Waals surface area contributed by atoms with Crippen molar-refractivity contribution in [1.29, 1.82) is 0 Å². The van der Waals surface area contributed by atoms with Gasteiger partial charge in [-0.2, -0.15) is 0 Å². The van der Waals surface area contributed by atoms with Crippen molar-refractivity contribution in [3.63, 3.8) is 0 Å². The Kier molecular flexibility index (Phi) is 6.09. The Hall–Kier alpha value is -2.54.